The quantitative estimate of drug-likeness (QED) is 0.597. The maximum atomic E-state index is 12.4. The van der Waals surface area contributed by atoms with E-state index in [0.29, 0.717) is 17.4 Å². The van der Waals surface area contributed by atoms with Crippen LogP contribution in [0, 0.1) is 5.92 Å². The zero-order valence-corrected chi connectivity index (χ0v) is 12.1. The molecule has 1 aromatic heterocycles. The van der Waals surface area contributed by atoms with Crippen LogP contribution in [0.4, 0.5) is 5.82 Å². The van der Waals surface area contributed by atoms with Crippen molar-refractivity contribution in [3.63, 3.8) is 0 Å². The fourth-order valence-corrected chi connectivity index (χ4v) is 3.02. The average molecular weight is 284 g/mol. The normalized spacial score (nSPS) is 21.4. The highest BCUT2D eigenvalue weighted by Gasteiger charge is 2.23. The number of nitrogens with one attached hydrogen (secondary N) is 2. The standard InChI is InChI=1S/C16H20N4O/c1-10-6-7-12(8-10)18-16(21)14-9-11-4-2-3-5-13(11)15(19-14)20-17/h2-5,9-10,12H,6-8,17H2,1H3,(H,18,21)(H,19,20). The van der Waals surface area contributed by atoms with E-state index < -0.39 is 0 Å². The molecule has 0 aliphatic heterocycles. The van der Waals surface area contributed by atoms with Gasteiger partial charge in [0.05, 0.1) is 0 Å². The number of pyridine rings is 1. The molecule has 21 heavy (non-hydrogen) atoms. The van der Waals surface area contributed by atoms with Gasteiger partial charge in [-0.1, -0.05) is 31.2 Å². The maximum Gasteiger partial charge on any atom is 0.270 e. The minimum atomic E-state index is -0.128. The summed E-state index contributed by atoms with van der Waals surface area (Å²) in [6.45, 7) is 2.22. The van der Waals surface area contributed by atoms with Gasteiger partial charge in [-0.15, -0.1) is 0 Å². The van der Waals surface area contributed by atoms with E-state index in [-0.39, 0.29) is 11.9 Å². The van der Waals surface area contributed by atoms with Crippen molar-refractivity contribution >= 4 is 22.5 Å². The minimum absolute atomic E-state index is 0.128. The molecule has 1 aliphatic carbocycles. The third-order valence-electron chi connectivity index (χ3n) is 4.14. The van der Waals surface area contributed by atoms with E-state index in [1.165, 1.54) is 6.42 Å². The third-order valence-corrected chi connectivity index (χ3v) is 4.14. The lowest BCUT2D eigenvalue weighted by molar-refractivity contribution is 0.0932. The SMILES string of the molecule is CC1CCC(NC(=O)c2cc3ccccc3c(NN)n2)C1. The molecular formula is C16H20N4O. The third kappa shape index (κ3) is 2.83. The van der Waals surface area contributed by atoms with Crippen LogP contribution < -0.4 is 16.6 Å². The molecular weight excluding hydrogens is 264 g/mol. The van der Waals surface area contributed by atoms with Gasteiger partial charge in [-0.2, -0.15) is 0 Å². The van der Waals surface area contributed by atoms with E-state index in [1.807, 2.05) is 30.3 Å². The number of nitrogens with zero attached hydrogens (tertiary/aromatic N) is 1. The van der Waals surface area contributed by atoms with E-state index in [4.69, 9.17) is 5.84 Å². The molecule has 4 N–H and O–H groups in total. The second-order valence-corrected chi connectivity index (χ2v) is 5.81. The molecule has 1 amide bonds. The summed E-state index contributed by atoms with van der Waals surface area (Å²) in [6.07, 6.45) is 3.26. The van der Waals surface area contributed by atoms with E-state index >= 15 is 0 Å². The Balaban J connectivity index is 1.87. The molecule has 0 bridgehead atoms. The molecule has 3 rings (SSSR count). The van der Waals surface area contributed by atoms with Crippen LogP contribution in [-0.4, -0.2) is 16.9 Å². The monoisotopic (exact) mass is 284 g/mol. The molecule has 1 aromatic carbocycles. The smallest absolute Gasteiger partial charge is 0.270 e. The predicted octanol–water partition coefficient (Wildman–Crippen LogP) is 2.44. The first-order valence-corrected chi connectivity index (χ1v) is 7.34. The number of carbonyl (C=O) groups excluding carboxylic acids is 1. The topological polar surface area (TPSA) is 80.0 Å². The van der Waals surface area contributed by atoms with Gasteiger partial charge in [0.25, 0.3) is 5.91 Å². The van der Waals surface area contributed by atoms with Crippen LogP contribution in [-0.2, 0) is 0 Å². The Kier molecular flexibility index (Phi) is 3.75. The van der Waals surface area contributed by atoms with Crippen molar-refractivity contribution < 1.29 is 4.79 Å². The second kappa shape index (κ2) is 5.69. The van der Waals surface area contributed by atoms with Gasteiger partial charge >= 0.3 is 0 Å². The van der Waals surface area contributed by atoms with Crippen molar-refractivity contribution in [3.05, 3.63) is 36.0 Å². The van der Waals surface area contributed by atoms with Gasteiger partial charge in [0, 0.05) is 11.4 Å². The molecule has 110 valence electrons. The number of rotatable bonds is 3. The molecule has 1 heterocycles. The number of benzene rings is 1. The number of hydrazine groups is 1. The first-order valence-electron chi connectivity index (χ1n) is 7.34. The van der Waals surface area contributed by atoms with E-state index in [0.717, 1.165) is 23.6 Å². The molecule has 5 nitrogen and oxygen atoms in total. The molecule has 2 aromatic rings. The van der Waals surface area contributed by atoms with E-state index in [2.05, 4.69) is 22.7 Å². The molecule has 0 saturated heterocycles. The highest BCUT2D eigenvalue weighted by atomic mass is 16.1. The van der Waals surface area contributed by atoms with Gasteiger partial charge in [-0.3, -0.25) is 4.79 Å². The highest BCUT2D eigenvalue weighted by molar-refractivity contribution is 6.00. The van der Waals surface area contributed by atoms with Crippen LogP contribution in [0.2, 0.25) is 0 Å². The summed E-state index contributed by atoms with van der Waals surface area (Å²) >= 11 is 0. The lowest BCUT2D eigenvalue weighted by atomic mass is 10.1. The van der Waals surface area contributed by atoms with Gasteiger partial charge in [-0.05, 0) is 36.6 Å². The molecule has 0 spiro atoms. The Morgan fingerprint density at radius 1 is 1.33 bits per heavy atom. The summed E-state index contributed by atoms with van der Waals surface area (Å²) in [5.41, 5.74) is 2.98. The van der Waals surface area contributed by atoms with Crippen LogP contribution in [0.5, 0.6) is 0 Å². The average Bonchev–Trinajstić information content (AvgIpc) is 2.91. The van der Waals surface area contributed by atoms with Crippen LogP contribution >= 0.6 is 0 Å². The molecule has 1 saturated carbocycles. The van der Waals surface area contributed by atoms with Crippen molar-refractivity contribution in [3.8, 4) is 0 Å². The maximum absolute atomic E-state index is 12.4. The lowest BCUT2D eigenvalue weighted by Gasteiger charge is -2.13. The Hall–Kier alpha value is -2.14. The van der Waals surface area contributed by atoms with Crippen LogP contribution in [0.25, 0.3) is 10.8 Å². The second-order valence-electron chi connectivity index (χ2n) is 5.81. The Morgan fingerprint density at radius 2 is 2.14 bits per heavy atom. The highest BCUT2D eigenvalue weighted by Crippen LogP contribution is 2.25. The van der Waals surface area contributed by atoms with Crippen LogP contribution in [0.15, 0.2) is 30.3 Å². The number of amides is 1. The van der Waals surface area contributed by atoms with Crippen molar-refractivity contribution in [2.24, 2.45) is 11.8 Å². The van der Waals surface area contributed by atoms with Gasteiger partial charge < -0.3 is 10.7 Å². The predicted molar refractivity (Wildman–Crippen MR) is 83.8 cm³/mol. The number of nitrogen functional groups attached to an aromatic ring is 1. The summed E-state index contributed by atoms with van der Waals surface area (Å²) < 4.78 is 0. The number of hydrogen-bond donors (Lipinski definition) is 3. The van der Waals surface area contributed by atoms with Crippen LogP contribution in [0.1, 0.15) is 36.7 Å². The largest absolute Gasteiger partial charge is 0.348 e. The first-order chi connectivity index (χ1) is 10.2. The van der Waals surface area contributed by atoms with Crippen molar-refractivity contribution in [2.75, 3.05) is 5.43 Å². The number of nitrogens with two attached hydrogens (primary N) is 1. The van der Waals surface area contributed by atoms with Gasteiger partial charge in [0.1, 0.15) is 11.5 Å². The van der Waals surface area contributed by atoms with Gasteiger partial charge in [-0.25, -0.2) is 10.8 Å². The number of anilines is 1. The summed E-state index contributed by atoms with van der Waals surface area (Å²) in [6, 6.07) is 9.80. The number of hydrogen-bond acceptors (Lipinski definition) is 4. The molecule has 1 aliphatic rings. The number of fused-ring (bicyclic) bond motifs is 1. The molecule has 2 atom stereocenters. The van der Waals surface area contributed by atoms with Crippen LogP contribution in [0.3, 0.4) is 0 Å². The van der Waals surface area contributed by atoms with Crippen molar-refractivity contribution in [1.29, 1.82) is 0 Å². The summed E-state index contributed by atoms with van der Waals surface area (Å²) in [5, 5.41) is 4.93. The van der Waals surface area contributed by atoms with E-state index in [9.17, 15) is 4.79 Å². The zero-order valence-electron chi connectivity index (χ0n) is 12.1. The van der Waals surface area contributed by atoms with Crippen molar-refractivity contribution in [1.82, 2.24) is 10.3 Å². The van der Waals surface area contributed by atoms with E-state index in [1.54, 1.807) is 0 Å². The molecule has 0 radical (unpaired) electrons. The van der Waals surface area contributed by atoms with Gasteiger partial charge in [0.15, 0.2) is 0 Å². The zero-order chi connectivity index (χ0) is 14.8. The summed E-state index contributed by atoms with van der Waals surface area (Å²) in [7, 11) is 0. The Bertz CT molecular complexity index is 670. The Labute approximate surface area is 123 Å². The number of aromatic nitrogens is 1. The first kappa shape index (κ1) is 13.8. The molecule has 2 unspecified atom stereocenters. The summed E-state index contributed by atoms with van der Waals surface area (Å²) in [5.74, 6) is 6.60. The molecule has 5 heteroatoms. The summed E-state index contributed by atoms with van der Waals surface area (Å²) in [4.78, 5) is 16.7. The molecule has 1 fully saturated rings. The fourth-order valence-electron chi connectivity index (χ4n) is 3.02. The van der Waals surface area contributed by atoms with Crippen molar-refractivity contribution in [2.45, 2.75) is 32.2 Å². The lowest BCUT2D eigenvalue weighted by Crippen LogP contribution is -2.33. The Morgan fingerprint density at radius 3 is 2.86 bits per heavy atom. The fraction of sp³-hybridized carbons (Fsp3) is 0.375. The van der Waals surface area contributed by atoms with Gasteiger partial charge in [0.2, 0.25) is 0 Å². The minimum Gasteiger partial charge on any atom is -0.348 e. The number of carbonyl (C=O) groups is 1.